The van der Waals surface area contributed by atoms with Gasteiger partial charge in [0.1, 0.15) is 5.75 Å². The van der Waals surface area contributed by atoms with Crippen LogP contribution in [0.2, 0.25) is 5.02 Å². The SMILES string of the molecule is COc1ncc(-c2c(CO)n(Cc3ccccc3Cl)c3ccc(OC(F)(F)F)cc23)cn1. The Hall–Kier alpha value is -3.30. The fourth-order valence-electron chi connectivity index (χ4n) is 3.60. The van der Waals surface area contributed by atoms with Gasteiger partial charge in [0.05, 0.1) is 19.4 Å². The number of halogens is 4. The normalized spacial score (nSPS) is 11.7. The van der Waals surface area contributed by atoms with Gasteiger partial charge in [0.25, 0.3) is 0 Å². The second kappa shape index (κ2) is 8.68. The molecule has 1 N–H and O–H groups in total. The number of rotatable bonds is 6. The predicted octanol–water partition coefficient (Wildman–Crippen LogP) is 5.20. The van der Waals surface area contributed by atoms with Crippen molar-refractivity contribution in [1.82, 2.24) is 14.5 Å². The van der Waals surface area contributed by atoms with Crippen LogP contribution in [-0.4, -0.2) is 33.1 Å². The summed E-state index contributed by atoms with van der Waals surface area (Å²) in [5.74, 6) is -0.375. The van der Waals surface area contributed by atoms with E-state index in [4.69, 9.17) is 16.3 Å². The molecule has 10 heteroatoms. The first-order chi connectivity index (χ1) is 15.3. The highest BCUT2D eigenvalue weighted by Gasteiger charge is 2.31. The monoisotopic (exact) mass is 463 g/mol. The number of hydrogen-bond donors (Lipinski definition) is 1. The van der Waals surface area contributed by atoms with Crippen LogP contribution in [0.1, 0.15) is 11.3 Å². The highest BCUT2D eigenvalue weighted by molar-refractivity contribution is 6.31. The van der Waals surface area contributed by atoms with Gasteiger partial charge in [-0.15, -0.1) is 13.2 Å². The number of aliphatic hydroxyl groups is 1. The Bertz CT molecular complexity index is 1260. The van der Waals surface area contributed by atoms with Crippen LogP contribution in [0.5, 0.6) is 11.8 Å². The Labute approximate surface area is 185 Å². The van der Waals surface area contributed by atoms with Gasteiger partial charge in [0.2, 0.25) is 0 Å². The number of nitrogens with zero attached hydrogens (tertiary/aromatic N) is 3. The zero-order chi connectivity index (χ0) is 22.9. The first kappa shape index (κ1) is 21.9. The molecular formula is C22H17ClF3N3O3. The Balaban J connectivity index is 1.95. The summed E-state index contributed by atoms with van der Waals surface area (Å²) in [6.07, 6.45) is -1.87. The molecule has 166 valence electrons. The molecule has 0 saturated carbocycles. The van der Waals surface area contributed by atoms with E-state index in [1.54, 1.807) is 16.7 Å². The molecule has 0 amide bonds. The fourth-order valence-corrected chi connectivity index (χ4v) is 3.79. The molecule has 0 aliphatic carbocycles. The fraction of sp³-hybridized carbons (Fsp3) is 0.182. The number of hydrogen-bond acceptors (Lipinski definition) is 5. The maximum atomic E-state index is 12.8. The van der Waals surface area contributed by atoms with E-state index < -0.39 is 6.36 Å². The Morgan fingerprint density at radius 3 is 2.44 bits per heavy atom. The van der Waals surface area contributed by atoms with Crippen molar-refractivity contribution in [2.45, 2.75) is 19.5 Å². The van der Waals surface area contributed by atoms with E-state index in [2.05, 4.69) is 14.7 Å². The zero-order valence-electron chi connectivity index (χ0n) is 16.7. The van der Waals surface area contributed by atoms with E-state index in [1.807, 2.05) is 12.1 Å². The lowest BCUT2D eigenvalue weighted by molar-refractivity contribution is -0.274. The number of aromatic nitrogens is 3. The highest BCUT2D eigenvalue weighted by atomic mass is 35.5. The minimum Gasteiger partial charge on any atom is -0.467 e. The van der Waals surface area contributed by atoms with Crippen molar-refractivity contribution in [3.63, 3.8) is 0 Å². The van der Waals surface area contributed by atoms with Crippen LogP contribution in [0.15, 0.2) is 54.9 Å². The molecule has 2 aromatic carbocycles. The molecule has 0 unspecified atom stereocenters. The number of aliphatic hydroxyl groups excluding tert-OH is 1. The van der Waals surface area contributed by atoms with Crippen LogP contribution in [-0.2, 0) is 13.2 Å². The van der Waals surface area contributed by atoms with Gasteiger partial charge in [-0.05, 0) is 29.8 Å². The summed E-state index contributed by atoms with van der Waals surface area (Å²) in [6, 6.07) is 11.4. The van der Waals surface area contributed by atoms with Crippen LogP contribution in [0, 0.1) is 0 Å². The second-order valence-electron chi connectivity index (χ2n) is 6.84. The summed E-state index contributed by atoms with van der Waals surface area (Å²) >= 11 is 6.32. The molecule has 0 aliphatic heterocycles. The average Bonchev–Trinajstić information content (AvgIpc) is 3.06. The van der Waals surface area contributed by atoms with E-state index >= 15 is 0 Å². The lowest BCUT2D eigenvalue weighted by atomic mass is 10.0. The molecule has 0 atom stereocenters. The van der Waals surface area contributed by atoms with Gasteiger partial charge in [0, 0.05) is 46.0 Å². The van der Waals surface area contributed by atoms with Gasteiger partial charge in [-0.25, -0.2) is 9.97 Å². The van der Waals surface area contributed by atoms with E-state index in [9.17, 15) is 18.3 Å². The Morgan fingerprint density at radius 1 is 1.09 bits per heavy atom. The number of benzene rings is 2. The van der Waals surface area contributed by atoms with Crippen LogP contribution in [0.4, 0.5) is 13.2 Å². The van der Waals surface area contributed by atoms with Gasteiger partial charge in [-0.2, -0.15) is 0 Å². The summed E-state index contributed by atoms with van der Waals surface area (Å²) in [5.41, 5.74) is 2.84. The van der Waals surface area contributed by atoms with Crippen molar-refractivity contribution in [1.29, 1.82) is 0 Å². The topological polar surface area (TPSA) is 69.4 Å². The van der Waals surface area contributed by atoms with Crippen molar-refractivity contribution in [3.8, 4) is 22.9 Å². The number of alkyl halides is 3. The van der Waals surface area contributed by atoms with Crippen LogP contribution in [0.3, 0.4) is 0 Å². The van der Waals surface area contributed by atoms with Crippen molar-refractivity contribution in [2.75, 3.05) is 7.11 Å². The molecule has 2 aromatic heterocycles. The first-order valence-corrected chi connectivity index (χ1v) is 9.80. The Kier molecular flexibility index (Phi) is 5.94. The van der Waals surface area contributed by atoms with Crippen LogP contribution in [0.25, 0.3) is 22.0 Å². The Morgan fingerprint density at radius 2 is 1.81 bits per heavy atom. The van der Waals surface area contributed by atoms with Crippen LogP contribution < -0.4 is 9.47 Å². The maximum absolute atomic E-state index is 12.8. The van der Waals surface area contributed by atoms with E-state index in [0.717, 1.165) is 5.56 Å². The summed E-state index contributed by atoms with van der Waals surface area (Å²) < 4.78 is 49.3. The maximum Gasteiger partial charge on any atom is 0.573 e. The quantitative estimate of drug-likeness (QED) is 0.425. The zero-order valence-corrected chi connectivity index (χ0v) is 17.5. The molecule has 0 bridgehead atoms. The lowest BCUT2D eigenvalue weighted by Crippen LogP contribution is -2.17. The molecule has 4 aromatic rings. The number of fused-ring (bicyclic) bond motifs is 1. The standard InChI is InChI=1S/C22H17ClF3N3O3/c1-31-21-27-9-14(10-28-21)20-16-8-15(32-22(24,25)26)6-7-18(16)29(19(20)12-30)11-13-4-2-3-5-17(13)23/h2-10,30H,11-12H2,1H3. The summed E-state index contributed by atoms with van der Waals surface area (Å²) in [4.78, 5) is 8.18. The van der Waals surface area contributed by atoms with E-state index in [1.165, 1.54) is 37.7 Å². The first-order valence-electron chi connectivity index (χ1n) is 9.42. The molecular weight excluding hydrogens is 447 g/mol. The molecule has 32 heavy (non-hydrogen) atoms. The van der Waals surface area contributed by atoms with Gasteiger partial charge in [0.15, 0.2) is 0 Å². The molecule has 0 spiro atoms. The number of methoxy groups -OCH3 is 1. The van der Waals surface area contributed by atoms with Gasteiger partial charge in [-0.3, -0.25) is 0 Å². The number of ether oxygens (including phenoxy) is 2. The third-order valence-electron chi connectivity index (χ3n) is 4.91. The third kappa shape index (κ3) is 4.35. The summed E-state index contributed by atoms with van der Waals surface area (Å²) in [6.45, 7) is -0.0848. The van der Waals surface area contributed by atoms with Crippen LogP contribution >= 0.6 is 11.6 Å². The largest absolute Gasteiger partial charge is 0.573 e. The highest BCUT2D eigenvalue weighted by Crippen LogP contribution is 2.38. The molecule has 6 nitrogen and oxygen atoms in total. The summed E-state index contributed by atoms with van der Waals surface area (Å²) in [7, 11) is 1.42. The van der Waals surface area contributed by atoms with Crippen molar-refractivity contribution in [2.24, 2.45) is 0 Å². The molecule has 0 aliphatic rings. The van der Waals surface area contributed by atoms with Crippen molar-refractivity contribution >= 4 is 22.5 Å². The van der Waals surface area contributed by atoms with Gasteiger partial charge >= 0.3 is 12.4 Å². The second-order valence-corrected chi connectivity index (χ2v) is 7.25. The molecule has 0 saturated heterocycles. The van der Waals surface area contributed by atoms with Gasteiger partial charge in [-0.1, -0.05) is 29.8 Å². The predicted molar refractivity (Wildman–Crippen MR) is 113 cm³/mol. The smallest absolute Gasteiger partial charge is 0.467 e. The van der Waals surface area contributed by atoms with E-state index in [-0.39, 0.29) is 18.4 Å². The average molecular weight is 464 g/mol. The lowest BCUT2D eigenvalue weighted by Gasteiger charge is -2.12. The third-order valence-corrected chi connectivity index (χ3v) is 5.28. The molecule has 0 radical (unpaired) electrons. The summed E-state index contributed by atoms with van der Waals surface area (Å²) in [5, 5.41) is 11.2. The molecule has 2 heterocycles. The van der Waals surface area contributed by atoms with Gasteiger partial charge < -0.3 is 19.1 Å². The molecule has 4 rings (SSSR count). The van der Waals surface area contributed by atoms with Crippen molar-refractivity contribution in [3.05, 3.63) is 71.1 Å². The molecule has 0 fully saturated rings. The minimum absolute atomic E-state index is 0.139. The minimum atomic E-state index is -4.84. The van der Waals surface area contributed by atoms with Crippen molar-refractivity contribution < 1.29 is 27.8 Å². The van der Waals surface area contributed by atoms with E-state index in [0.29, 0.717) is 39.3 Å².